The van der Waals surface area contributed by atoms with E-state index in [9.17, 15) is 19.8 Å². The van der Waals surface area contributed by atoms with Gasteiger partial charge in [0.1, 0.15) is 11.8 Å². The van der Waals surface area contributed by atoms with Crippen LogP contribution in [-0.4, -0.2) is 28.1 Å². The average Bonchev–Trinajstić information content (AvgIpc) is 2.64. The van der Waals surface area contributed by atoms with Gasteiger partial charge in [-0.05, 0) is 37.0 Å². The molecule has 1 aromatic carbocycles. The number of carboxylic acids is 1. The Labute approximate surface area is 168 Å². The Balaban J connectivity index is 2.55. The van der Waals surface area contributed by atoms with E-state index in [0.29, 0.717) is 5.92 Å². The van der Waals surface area contributed by atoms with E-state index in [1.54, 1.807) is 18.2 Å². The zero-order valence-electron chi connectivity index (χ0n) is 17.1. The molecule has 1 aromatic rings. The number of nitrogens with one attached hydrogen (secondary N) is 1. The van der Waals surface area contributed by atoms with E-state index < -0.39 is 17.9 Å². The third-order valence-corrected chi connectivity index (χ3v) is 4.55. The average molecular weight is 388 g/mol. The van der Waals surface area contributed by atoms with E-state index in [1.807, 2.05) is 6.92 Å². The SMILES string of the molecule is CCCCCC[C@H](C)C=C(C)C=CC(=O)N[C@@H](Cc1ccc(O)cc1)C(=O)O. The van der Waals surface area contributed by atoms with Crippen LogP contribution in [0.1, 0.15) is 58.4 Å². The summed E-state index contributed by atoms with van der Waals surface area (Å²) >= 11 is 0. The number of benzene rings is 1. The number of hydrogen-bond acceptors (Lipinski definition) is 3. The highest BCUT2D eigenvalue weighted by Gasteiger charge is 2.19. The molecule has 3 N–H and O–H groups in total. The van der Waals surface area contributed by atoms with Crippen LogP contribution in [0.2, 0.25) is 0 Å². The molecule has 0 aliphatic carbocycles. The summed E-state index contributed by atoms with van der Waals surface area (Å²) in [5.74, 6) is -0.965. The molecule has 154 valence electrons. The fourth-order valence-electron chi connectivity index (χ4n) is 2.98. The molecular formula is C23H33NO4. The molecule has 0 spiro atoms. The first-order valence-corrected chi connectivity index (χ1v) is 9.99. The number of aliphatic carboxylic acids is 1. The topological polar surface area (TPSA) is 86.6 Å². The van der Waals surface area contributed by atoms with Crippen molar-refractivity contribution in [2.24, 2.45) is 5.92 Å². The highest BCUT2D eigenvalue weighted by Crippen LogP contribution is 2.14. The lowest BCUT2D eigenvalue weighted by molar-refractivity contribution is -0.141. The lowest BCUT2D eigenvalue weighted by atomic mass is 10.00. The fraction of sp³-hybridized carbons (Fsp3) is 0.478. The van der Waals surface area contributed by atoms with Crippen molar-refractivity contribution in [2.75, 3.05) is 0 Å². The van der Waals surface area contributed by atoms with Crippen LogP contribution >= 0.6 is 0 Å². The largest absolute Gasteiger partial charge is 0.508 e. The molecular weight excluding hydrogens is 354 g/mol. The Hall–Kier alpha value is -2.56. The molecule has 0 saturated heterocycles. The van der Waals surface area contributed by atoms with Crippen LogP contribution in [0, 0.1) is 5.92 Å². The number of phenolic OH excluding ortho intramolecular Hbond substituents is 1. The number of hydrogen-bond donors (Lipinski definition) is 3. The third-order valence-electron chi connectivity index (χ3n) is 4.55. The van der Waals surface area contributed by atoms with Gasteiger partial charge in [-0.3, -0.25) is 4.79 Å². The van der Waals surface area contributed by atoms with Crippen molar-refractivity contribution in [3.8, 4) is 5.75 Å². The number of rotatable bonds is 12. The minimum atomic E-state index is -1.09. The van der Waals surface area contributed by atoms with Crippen LogP contribution in [0.3, 0.4) is 0 Å². The molecule has 2 atom stereocenters. The lowest BCUT2D eigenvalue weighted by Gasteiger charge is -2.13. The second-order valence-corrected chi connectivity index (χ2v) is 7.34. The van der Waals surface area contributed by atoms with Crippen molar-refractivity contribution in [2.45, 2.75) is 65.3 Å². The van der Waals surface area contributed by atoms with E-state index in [1.165, 1.54) is 43.9 Å². The molecule has 0 heterocycles. The van der Waals surface area contributed by atoms with Crippen molar-refractivity contribution < 1.29 is 19.8 Å². The van der Waals surface area contributed by atoms with Gasteiger partial charge in [0.05, 0.1) is 0 Å². The summed E-state index contributed by atoms with van der Waals surface area (Å²) in [7, 11) is 0. The zero-order valence-corrected chi connectivity index (χ0v) is 17.1. The van der Waals surface area contributed by atoms with Gasteiger partial charge in [0, 0.05) is 12.5 Å². The Morgan fingerprint density at radius 1 is 1.11 bits per heavy atom. The predicted octanol–water partition coefficient (Wildman–Crippen LogP) is 4.61. The second-order valence-electron chi connectivity index (χ2n) is 7.34. The minimum Gasteiger partial charge on any atom is -0.508 e. The van der Waals surface area contributed by atoms with E-state index in [0.717, 1.165) is 17.6 Å². The molecule has 5 nitrogen and oxygen atoms in total. The molecule has 0 saturated carbocycles. The summed E-state index contributed by atoms with van der Waals surface area (Å²) in [6.45, 7) is 6.31. The lowest BCUT2D eigenvalue weighted by Crippen LogP contribution is -2.41. The summed E-state index contributed by atoms with van der Waals surface area (Å²) in [5.41, 5.74) is 1.71. The van der Waals surface area contributed by atoms with Crippen LogP contribution in [0.15, 0.2) is 48.1 Å². The molecule has 0 aliphatic rings. The Kier molecular flexibility index (Phi) is 10.7. The maximum absolute atomic E-state index is 12.1. The Bertz CT molecular complexity index is 676. The fourth-order valence-corrected chi connectivity index (χ4v) is 2.98. The number of allylic oxidation sites excluding steroid dienone is 3. The molecule has 0 aromatic heterocycles. The number of amides is 1. The minimum absolute atomic E-state index is 0.115. The van der Waals surface area contributed by atoms with Gasteiger partial charge in [-0.2, -0.15) is 0 Å². The summed E-state index contributed by atoms with van der Waals surface area (Å²) < 4.78 is 0. The van der Waals surface area contributed by atoms with Gasteiger partial charge in [0.2, 0.25) is 5.91 Å². The molecule has 0 aliphatic heterocycles. The molecule has 0 unspecified atom stereocenters. The maximum Gasteiger partial charge on any atom is 0.326 e. The summed E-state index contributed by atoms with van der Waals surface area (Å²) in [4.78, 5) is 23.5. The molecule has 0 radical (unpaired) electrons. The second kappa shape index (κ2) is 12.8. The summed E-state index contributed by atoms with van der Waals surface area (Å²) in [6, 6.07) is 5.24. The molecule has 0 fully saturated rings. The normalized spacial score (nSPS) is 14.0. The van der Waals surface area contributed by atoms with Crippen LogP contribution in [0.25, 0.3) is 0 Å². The van der Waals surface area contributed by atoms with Gasteiger partial charge in [0.15, 0.2) is 0 Å². The number of aromatic hydroxyl groups is 1. The van der Waals surface area contributed by atoms with Crippen LogP contribution in [0.4, 0.5) is 0 Å². The van der Waals surface area contributed by atoms with Crippen molar-refractivity contribution in [3.63, 3.8) is 0 Å². The first kappa shape index (κ1) is 23.5. The standard InChI is InChI=1S/C23H33NO4/c1-4-5-6-7-8-17(2)15-18(3)9-14-22(26)24-21(23(27)28)16-19-10-12-20(25)13-11-19/h9-15,17,21,25H,4-8,16H2,1-3H3,(H,24,26)(H,27,28)/t17-,21-/m0/s1. The number of carbonyl (C=O) groups is 2. The van der Waals surface area contributed by atoms with Gasteiger partial charge >= 0.3 is 5.97 Å². The first-order chi connectivity index (χ1) is 13.3. The third kappa shape index (κ3) is 9.95. The van der Waals surface area contributed by atoms with Crippen molar-refractivity contribution >= 4 is 11.9 Å². The molecule has 1 rings (SSSR count). The van der Waals surface area contributed by atoms with Crippen LogP contribution < -0.4 is 5.32 Å². The van der Waals surface area contributed by atoms with Crippen molar-refractivity contribution in [3.05, 3.63) is 53.6 Å². The Morgan fingerprint density at radius 2 is 1.79 bits per heavy atom. The summed E-state index contributed by atoms with van der Waals surface area (Å²) in [5, 5.41) is 21.2. The van der Waals surface area contributed by atoms with Gasteiger partial charge in [-0.15, -0.1) is 0 Å². The summed E-state index contributed by atoms with van der Waals surface area (Å²) in [6.07, 6.45) is 11.5. The number of carboxylic acid groups (broad SMARTS) is 1. The molecule has 1 amide bonds. The molecule has 0 bridgehead atoms. The first-order valence-electron chi connectivity index (χ1n) is 9.99. The van der Waals surface area contributed by atoms with Crippen LogP contribution in [0.5, 0.6) is 5.75 Å². The number of unbranched alkanes of at least 4 members (excludes halogenated alkanes) is 3. The van der Waals surface area contributed by atoms with Crippen molar-refractivity contribution in [1.29, 1.82) is 0 Å². The smallest absolute Gasteiger partial charge is 0.326 e. The number of phenols is 1. The van der Waals surface area contributed by atoms with E-state index in [2.05, 4.69) is 25.2 Å². The number of carbonyl (C=O) groups excluding carboxylic acids is 1. The van der Waals surface area contributed by atoms with Gasteiger partial charge in [-0.1, -0.05) is 69.4 Å². The predicted molar refractivity (Wildman–Crippen MR) is 112 cm³/mol. The van der Waals surface area contributed by atoms with Gasteiger partial charge in [0.25, 0.3) is 0 Å². The molecule has 28 heavy (non-hydrogen) atoms. The monoisotopic (exact) mass is 387 g/mol. The van der Waals surface area contributed by atoms with E-state index in [-0.39, 0.29) is 12.2 Å². The van der Waals surface area contributed by atoms with Crippen molar-refractivity contribution in [1.82, 2.24) is 5.32 Å². The van der Waals surface area contributed by atoms with Crippen LogP contribution in [-0.2, 0) is 16.0 Å². The Morgan fingerprint density at radius 3 is 2.39 bits per heavy atom. The van der Waals surface area contributed by atoms with Gasteiger partial charge < -0.3 is 15.5 Å². The highest BCUT2D eigenvalue weighted by molar-refractivity contribution is 5.91. The quantitative estimate of drug-likeness (QED) is 0.278. The van der Waals surface area contributed by atoms with E-state index >= 15 is 0 Å². The van der Waals surface area contributed by atoms with E-state index in [4.69, 9.17) is 0 Å². The highest BCUT2D eigenvalue weighted by atomic mass is 16.4. The maximum atomic E-state index is 12.1. The molecule has 5 heteroatoms. The zero-order chi connectivity index (χ0) is 20.9. The van der Waals surface area contributed by atoms with Gasteiger partial charge in [-0.25, -0.2) is 4.79 Å².